The van der Waals surface area contributed by atoms with Gasteiger partial charge in [0.25, 0.3) is 0 Å². The van der Waals surface area contributed by atoms with Crippen molar-refractivity contribution in [2.75, 3.05) is 79.9 Å². The molecule has 2 aliphatic heterocycles. The molecule has 0 saturated carbocycles. The second-order valence-corrected chi connectivity index (χ2v) is 19.5. The maximum absolute atomic E-state index is 14.7. The minimum Gasteiger partial charge on any atom is -0.759 e. The van der Waals surface area contributed by atoms with Crippen LogP contribution < -0.4 is 20.4 Å². The molecule has 2 N–H and O–H groups in total. The number of nitrogens with zero attached hydrogens (tertiary/aromatic N) is 4. The maximum Gasteiger partial charge on any atom is 2.00 e. The third kappa shape index (κ3) is 15.4. The molecule has 2 fully saturated rings. The molecule has 0 bridgehead atoms. The Hall–Kier alpha value is -5.31. The fraction of sp³-hybridized carbons (Fsp3) is 0.333. The number of amides is 4. The van der Waals surface area contributed by atoms with Crippen molar-refractivity contribution in [2.45, 2.75) is 21.9 Å². The summed E-state index contributed by atoms with van der Waals surface area (Å²) < 4.78 is 143. The first-order valence-corrected chi connectivity index (χ1v) is 24.3. The maximum atomic E-state index is 14.7. The van der Waals surface area contributed by atoms with Crippen molar-refractivity contribution in [3.8, 4) is 23.0 Å². The zero-order valence-electron chi connectivity index (χ0n) is 38.3. The number of rotatable bonds is 16. The summed E-state index contributed by atoms with van der Waals surface area (Å²) in [5.74, 6) is -9.44. The molecule has 2 saturated heterocycles. The van der Waals surface area contributed by atoms with Gasteiger partial charge in [-0.2, -0.15) is 8.61 Å². The molecule has 0 aliphatic carbocycles. The van der Waals surface area contributed by atoms with E-state index in [0.717, 1.165) is 20.8 Å². The van der Waals surface area contributed by atoms with Crippen molar-refractivity contribution in [3.05, 3.63) is 117 Å². The molecule has 2 heterocycles. The molecule has 31 heteroatoms. The van der Waals surface area contributed by atoms with Crippen molar-refractivity contribution in [3.63, 3.8) is 0 Å². The number of carbonyl (C=O) groups is 4. The molecule has 0 aromatic heterocycles. The Kier molecular flexibility index (Phi) is 22.5. The number of hydrogen-bond donors (Lipinski definition) is 2. The third-order valence-electron chi connectivity index (χ3n) is 10.2. The van der Waals surface area contributed by atoms with E-state index in [0.29, 0.717) is 42.9 Å². The van der Waals surface area contributed by atoms with Crippen molar-refractivity contribution >= 4 is 90.3 Å². The van der Waals surface area contributed by atoms with Crippen LogP contribution in [0.2, 0.25) is 10.0 Å². The molecular formula is C42H42Cl2F4MgN6O16S2. The number of hydroxylamine groups is 2. The molecule has 4 aromatic rings. The molecule has 0 unspecified atom stereocenters. The van der Waals surface area contributed by atoms with Crippen molar-refractivity contribution in [1.82, 2.24) is 29.4 Å². The summed E-state index contributed by atoms with van der Waals surface area (Å²) in [4.78, 5) is 49.2. The van der Waals surface area contributed by atoms with Gasteiger partial charge in [0, 0.05) is 63.5 Å². The summed E-state index contributed by atoms with van der Waals surface area (Å²) in [7, 11) is -6.60. The van der Waals surface area contributed by atoms with Crippen LogP contribution in [0.1, 0.15) is 0 Å². The number of ether oxygens (including phenoxy) is 6. The number of nitrogens with one attached hydrogen (secondary N) is 2. The van der Waals surface area contributed by atoms with Gasteiger partial charge in [-0.25, -0.2) is 44.0 Å². The predicted molar refractivity (Wildman–Crippen MR) is 249 cm³/mol. The Bertz CT molecular complexity index is 2580. The largest absolute Gasteiger partial charge is 2.00 e. The number of sulfonamides is 2. The Labute approximate surface area is 440 Å². The topological polar surface area (TPSA) is 275 Å². The SMILES string of the molecule is COCCOC(=O)N1CCN(S(=O)(=O)c2cc(F)c(Oc3ccc(Cl)cc3)c(F)c2)[C@@H](C(=O)N[O-])C1.COCCOC(=O)N1CCN(S(=O)(=O)c2cc(F)c(Oc3ccc(Cl)cc3)c(F)c2)[C@@H](C(=O)N[O-])C1.[Mg+2]. The third-order valence-corrected chi connectivity index (χ3v) is 14.5. The van der Waals surface area contributed by atoms with E-state index < -0.39 is 127 Å². The van der Waals surface area contributed by atoms with E-state index >= 15 is 0 Å². The summed E-state index contributed by atoms with van der Waals surface area (Å²) in [6, 6.07) is 9.93. The number of benzene rings is 4. The first kappa shape index (κ1) is 60.2. The van der Waals surface area contributed by atoms with Crippen LogP contribution in [0.15, 0.2) is 82.6 Å². The first-order chi connectivity index (χ1) is 34.2. The molecule has 2 atom stereocenters. The van der Waals surface area contributed by atoms with Crippen LogP contribution in [0.4, 0.5) is 27.2 Å². The second kappa shape index (κ2) is 27.3. The molecule has 4 aromatic carbocycles. The average molecular weight is 1120 g/mol. The Morgan fingerprint density at radius 3 is 1.18 bits per heavy atom. The van der Waals surface area contributed by atoms with Gasteiger partial charge in [0.15, 0.2) is 34.8 Å². The van der Waals surface area contributed by atoms with Crippen LogP contribution >= 0.6 is 23.2 Å². The van der Waals surface area contributed by atoms with Crippen LogP contribution in [-0.2, 0) is 48.6 Å². The summed E-state index contributed by atoms with van der Waals surface area (Å²) in [6.45, 7) is -2.34. The molecule has 0 spiro atoms. The van der Waals surface area contributed by atoms with Crippen LogP contribution in [0.3, 0.4) is 0 Å². The van der Waals surface area contributed by atoms with Crippen LogP contribution in [0.5, 0.6) is 23.0 Å². The zero-order chi connectivity index (χ0) is 52.9. The number of halogens is 6. The number of carbonyl (C=O) groups excluding carboxylic acids is 4. The molecule has 392 valence electrons. The molecule has 4 amide bonds. The zero-order valence-corrected chi connectivity index (χ0v) is 42.8. The van der Waals surface area contributed by atoms with Crippen molar-refractivity contribution < 1.29 is 82.0 Å². The summed E-state index contributed by atoms with van der Waals surface area (Å²) in [6.07, 6.45) is -1.71. The van der Waals surface area contributed by atoms with Gasteiger partial charge in [-0.15, -0.1) is 0 Å². The summed E-state index contributed by atoms with van der Waals surface area (Å²) in [5.41, 5.74) is 2.18. The van der Waals surface area contributed by atoms with E-state index in [9.17, 15) is 64.0 Å². The van der Waals surface area contributed by atoms with E-state index in [1.165, 1.54) is 62.8 Å². The smallest absolute Gasteiger partial charge is 0.759 e. The second-order valence-electron chi connectivity index (χ2n) is 14.8. The van der Waals surface area contributed by atoms with Gasteiger partial charge >= 0.3 is 35.2 Å². The Morgan fingerprint density at radius 1 is 0.575 bits per heavy atom. The molecule has 73 heavy (non-hydrogen) atoms. The minimum atomic E-state index is -4.69. The summed E-state index contributed by atoms with van der Waals surface area (Å²) in [5, 5.41) is 22.8. The van der Waals surface area contributed by atoms with E-state index in [-0.39, 0.29) is 74.1 Å². The Morgan fingerprint density at radius 2 is 0.890 bits per heavy atom. The van der Waals surface area contributed by atoms with Gasteiger partial charge < -0.3 is 59.6 Å². The molecule has 22 nitrogen and oxygen atoms in total. The van der Waals surface area contributed by atoms with E-state index in [1.807, 2.05) is 0 Å². The number of methoxy groups -OCH3 is 2. The predicted octanol–water partition coefficient (Wildman–Crippen LogP) is 4.58. The van der Waals surface area contributed by atoms with Gasteiger partial charge in [-0.05, 0) is 72.8 Å². The van der Waals surface area contributed by atoms with E-state index in [1.54, 1.807) is 0 Å². The normalized spacial score (nSPS) is 16.2. The van der Waals surface area contributed by atoms with Gasteiger partial charge in [-0.3, -0.25) is 9.59 Å². The minimum absolute atomic E-state index is 0. The standard InChI is InChI=1S/2C21H21ClF2N3O8S.Mg/c2*1-33-8-9-34-21(29)26-6-7-27(18(12-26)20(28)25-30)36(31,32)15-10-16(23)19(17(24)11-15)35-14-4-2-13(22)3-5-14;/h2*2-5,10-11,18H,6-9,12H2,1H3,(H-,25,28,30);/q2*-1;+2/t2*18-;/m11./s1. The number of hydrogen-bond acceptors (Lipinski definition) is 16. The molecule has 0 radical (unpaired) electrons. The fourth-order valence-corrected chi connectivity index (χ4v) is 10.1. The van der Waals surface area contributed by atoms with Crippen LogP contribution in [0, 0.1) is 33.7 Å². The summed E-state index contributed by atoms with van der Waals surface area (Å²) >= 11 is 11.5. The quantitative estimate of drug-likeness (QED) is 0.0672. The first-order valence-electron chi connectivity index (χ1n) is 20.7. The average Bonchev–Trinajstić information content (AvgIpc) is 3.36. The van der Waals surface area contributed by atoms with Crippen LogP contribution in [-0.4, -0.2) is 174 Å². The van der Waals surface area contributed by atoms with E-state index in [4.69, 9.17) is 51.6 Å². The fourth-order valence-electron chi connectivity index (χ4n) is 6.69. The van der Waals surface area contributed by atoms with Gasteiger partial charge in [-0.1, -0.05) is 23.2 Å². The number of piperazine rings is 2. The van der Waals surface area contributed by atoms with Crippen molar-refractivity contribution in [2.24, 2.45) is 0 Å². The van der Waals surface area contributed by atoms with Crippen molar-refractivity contribution in [1.29, 1.82) is 0 Å². The van der Waals surface area contributed by atoms with E-state index in [2.05, 4.69) is 0 Å². The molecular weight excluding hydrogens is 1080 g/mol. The van der Waals surface area contributed by atoms with Gasteiger partial charge in [0.05, 0.1) is 23.0 Å². The molecule has 2 aliphatic rings. The van der Waals surface area contributed by atoms with Gasteiger partial charge in [0.2, 0.25) is 31.9 Å². The molecule has 6 rings (SSSR count). The van der Waals surface area contributed by atoms with Crippen LogP contribution in [0.25, 0.3) is 0 Å². The van der Waals surface area contributed by atoms with Gasteiger partial charge in [0.1, 0.15) is 36.8 Å². The monoisotopic (exact) mass is 1120 g/mol. The Balaban J connectivity index is 0.000000312.